The number of nitrogens with zero attached hydrogens (tertiary/aromatic N) is 2. The van der Waals surface area contributed by atoms with E-state index < -0.39 is 28.7 Å². The van der Waals surface area contributed by atoms with Crippen LogP contribution < -0.4 is 15.6 Å². The van der Waals surface area contributed by atoms with Crippen molar-refractivity contribution < 1.29 is 22.7 Å². The van der Waals surface area contributed by atoms with Crippen molar-refractivity contribution in [2.45, 2.75) is 18.1 Å². The fraction of sp³-hybridized carbons (Fsp3) is 0.200. The van der Waals surface area contributed by atoms with Crippen molar-refractivity contribution in [3.05, 3.63) is 87.9 Å². The molecule has 1 aliphatic heterocycles. The molecule has 2 N–H and O–H groups in total. The van der Waals surface area contributed by atoms with Gasteiger partial charge in [-0.3, -0.25) is 14.6 Å². The highest BCUT2D eigenvalue weighted by molar-refractivity contribution is 5.93. The fourth-order valence-corrected chi connectivity index (χ4v) is 3.40. The zero-order valence-corrected chi connectivity index (χ0v) is 15.4. The minimum absolute atomic E-state index is 0.0511. The first-order valence-electron chi connectivity index (χ1n) is 8.93. The number of carbonyl (C=O) groups excluding carboxylic acids is 1. The molecule has 0 saturated heterocycles. The summed E-state index contributed by atoms with van der Waals surface area (Å²) < 4.78 is 44.7. The first kappa shape index (κ1) is 19.6. The number of halogens is 3. The summed E-state index contributed by atoms with van der Waals surface area (Å²) in [4.78, 5) is 34.6. The third-order valence-corrected chi connectivity index (χ3v) is 4.85. The van der Waals surface area contributed by atoms with Gasteiger partial charge in [0.1, 0.15) is 22.7 Å². The summed E-state index contributed by atoms with van der Waals surface area (Å²) in [6.07, 6.45) is -0.610. The van der Waals surface area contributed by atoms with Crippen molar-refractivity contribution >= 4 is 5.91 Å². The van der Waals surface area contributed by atoms with Crippen LogP contribution in [0.15, 0.2) is 59.8 Å². The van der Waals surface area contributed by atoms with Gasteiger partial charge in [-0.2, -0.15) is 13.2 Å². The van der Waals surface area contributed by atoms with Gasteiger partial charge in [0.15, 0.2) is 0 Å². The van der Waals surface area contributed by atoms with E-state index in [1.165, 1.54) is 18.3 Å². The Balaban J connectivity index is 1.81. The standard InChI is InChI=1S/C20H15F3N4O3/c21-20(22,23)13-5-3-12(4-6-13)19(7-9-30-15-2-1-8-24-17(15)19)27-18(29)14-10-26-16(28)11-25-14/h1-6,8,10-11H,7,9H2,(H,26,28)(H,27,29)/t19-/m0/s1. The molecular weight excluding hydrogens is 401 g/mol. The van der Waals surface area contributed by atoms with Crippen LogP contribution >= 0.6 is 0 Å². The summed E-state index contributed by atoms with van der Waals surface area (Å²) in [5.41, 5.74) is -1.78. The molecular formula is C20H15F3N4O3. The van der Waals surface area contributed by atoms with Crippen LogP contribution in [-0.4, -0.2) is 27.5 Å². The Labute approximate surface area is 168 Å². The number of nitrogens with one attached hydrogen (secondary N) is 2. The van der Waals surface area contributed by atoms with Gasteiger partial charge in [0.25, 0.3) is 11.5 Å². The normalized spacial score (nSPS) is 18.2. The van der Waals surface area contributed by atoms with E-state index in [-0.39, 0.29) is 18.7 Å². The quantitative estimate of drug-likeness (QED) is 0.684. The lowest BCUT2D eigenvalue weighted by molar-refractivity contribution is -0.137. The van der Waals surface area contributed by atoms with E-state index >= 15 is 0 Å². The van der Waals surface area contributed by atoms with Crippen LogP contribution in [0.2, 0.25) is 0 Å². The van der Waals surface area contributed by atoms with Crippen molar-refractivity contribution in [2.24, 2.45) is 0 Å². The van der Waals surface area contributed by atoms with E-state index in [0.717, 1.165) is 24.5 Å². The maximum absolute atomic E-state index is 13.0. The Morgan fingerprint density at radius 3 is 2.60 bits per heavy atom. The number of rotatable bonds is 3. The van der Waals surface area contributed by atoms with Crippen LogP contribution in [0.1, 0.15) is 33.7 Å². The fourth-order valence-electron chi connectivity index (χ4n) is 3.40. The van der Waals surface area contributed by atoms with Gasteiger partial charge in [-0.1, -0.05) is 12.1 Å². The highest BCUT2D eigenvalue weighted by atomic mass is 19.4. The van der Waals surface area contributed by atoms with Gasteiger partial charge in [0.05, 0.1) is 18.4 Å². The molecule has 0 fully saturated rings. The van der Waals surface area contributed by atoms with Crippen LogP contribution in [0.4, 0.5) is 13.2 Å². The zero-order valence-electron chi connectivity index (χ0n) is 15.4. The highest BCUT2D eigenvalue weighted by Crippen LogP contribution is 2.41. The molecule has 0 aliphatic carbocycles. The summed E-state index contributed by atoms with van der Waals surface area (Å²) in [7, 11) is 0. The molecule has 1 amide bonds. The second kappa shape index (κ2) is 7.29. The molecule has 0 bridgehead atoms. The third-order valence-electron chi connectivity index (χ3n) is 4.85. The number of aromatic nitrogens is 3. The van der Waals surface area contributed by atoms with E-state index in [4.69, 9.17) is 4.74 Å². The Bertz CT molecular complexity index is 1120. The lowest BCUT2D eigenvalue weighted by Crippen LogP contribution is -2.50. The van der Waals surface area contributed by atoms with Crippen LogP contribution in [0.3, 0.4) is 0 Å². The Hall–Kier alpha value is -3.69. The number of aromatic amines is 1. The molecule has 3 heterocycles. The molecule has 2 aromatic heterocycles. The number of hydrogen-bond donors (Lipinski definition) is 2. The maximum Gasteiger partial charge on any atom is 0.416 e. The number of H-pyrrole nitrogens is 1. The molecule has 1 aliphatic rings. The minimum Gasteiger partial charge on any atom is -0.491 e. The van der Waals surface area contributed by atoms with Gasteiger partial charge in [-0.05, 0) is 29.8 Å². The van der Waals surface area contributed by atoms with Crippen molar-refractivity contribution in [3.8, 4) is 5.75 Å². The summed E-state index contributed by atoms with van der Waals surface area (Å²) in [5.74, 6) is -0.206. The summed E-state index contributed by atoms with van der Waals surface area (Å²) in [6.45, 7) is 0.207. The zero-order chi connectivity index (χ0) is 21.4. The van der Waals surface area contributed by atoms with Gasteiger partial charge < -0.3 is 15.0 Å². The Morgan fingerprint density at radius 2 is 1.93 bits per heavy atom. The second-order valence-corrected chi connectivity index (χ2v) is 6.68. The lowest BCUT2D eigenvalue weighted by Gasteiger charge is -2.39. The average molecular weight is 416 g/mol. The van der Waals surface area contributed by atoms with E-state index in [1.54, 1.807) is 12.1 Å². The molecule has 1 aromatic carbocycles. The van der Waals surface area contributed by atoms with E-state index in [0.29, 0.717) is 17.0 Å². The largest absolute Gasteiger partial charge is 0.491 e. The molecule has 0 radical (unpaired) electrons. The van der Waals surface area contributed by atoms with Gasteiger partial charge in [-0.25, -0.2) is 4.98 Å². The average Bonchev–Trinajstić information content (AvgIpc) is 2.74. The Kier molecular flexibility index (Phi) is 4.76. The number of alkyl halides is 3. The number of ether oxygens (including phenoxy) is 1. The van der Waals surface area contributed by atoms with Crippen LogP contribution in [0.5, 0.6) is 5.75 Å². The third kappa shape index (κ3) is 3.51. The van der Waals surface area contributed by atoms with Crippen molar-refractivity contribution in [2.75, 3.05) is 6.61 Å². The molecule has 154 valence electrons. The smallest absolute Gasteiger partial charge is 0.416 e. The number of pyridine rings is 1. The van der Waals surface area contributed by atoms with Gasteiger partial charge in [0, 0.05) is 18.8 Å². The predicted molar refractivity (Wildman–Crippen MR) is 98.9 cm³/mol. The highest BCUT2D eigenvalue weighted by Gasteiger charge is 2.43. The van der Waals surface area contributed by atoms with E-state index in [1.807, 2.05) is 0 Å². The molecule has 0 spiro atoms. The van der Waals surface area contributed by atoms with Crippen molar-refractivity contribution in [1.82, 2.24) is 20.3 Å². The number of benzene rings is 1. The molecule has 30 heavy (non-hydrogen) atoms. The second-order valence-electron chi connectivity index (χ2n) is 6.68. The molecule has 0 unspecified atom stereocenters. The Morgan fingerprint density at radius 1 is 1.17 bits per heavy atom. The number of amides is 1. The monoisotopic (exact) mass is 416 g/mol. The predicted octanol–water partition coefficient (Wildman–Crippen LogP) is 2.64. The molecule has 1 atom stereocenters. The van der Waals surface area contributed by atoms with E-state index in [9.17, 15) is 22.8 Å². The number of carbonyl (C=O) groups is 1. The van der Waals surface area contributed by atoms with Crippen LogP contribution in [-0.2, 0) is 11.7 Å². The lowest BCUT2D eigenvalue weighted by atomic mass is 9.81. The SMILES string of the molecule is O=C(N[C@]1(c2ccc(C(F)(F)F)cc2)CCOc2cccnc21)c1c[nH]c(=O)cn1. The maximum atomic E-state index is 13.0. The van der Waals surface area contributed by atoms with Gasteiger partial charge in [0.2, 0.25) is 0 Å². The molecule has 3 aromatic rings. The van der Waals surface area contributed by atoms with Gasteiger partial charge >= 0.3 is 6.18 Å². The molecule has 10 heteroatoms. The minimum atomic E-state index is -4.49. The number of hydrogen-bond acceptors (Lipinski definition) is 5. The van der Waals surface area contributed by atoms with E-state index in [2.05, 4.69) is 20.3 Å². The van der Waals surface area contributed by atoms with Crippen molar-refractivity contribution in [1.29, 1.82) is 0 Å². The van der Waals surface area contributed by atoms with Gasteiger partial charge in [-0.15, -0.1) is 0 Å². The molecule has 7 nitrogen and oxygen atoms in total. The summed E-state index contributed by atoms with van der Waals surface area (Å²) >= 11 is 0. The molecule has 4 rings (SSSR count). The summed E-state index contributed by atoms with van der Waals surface area (Å²) in [6, 6.07) is 7.87. The topological polar surface area (TPSA) is 97.0 Å². The number of fused-ring (bicyclic) bond motifs is 1. The first-order chi connectivity index (χ1) is 14.3. The summed E-state index contributed by atoms with van der Waals surface area (Å²) in [5, 5.41) is 2.85. The molecule has 0 saturated carbocycles. The van der Waals surface area contributed by atoms with Crippen LogP contribution in [0.25, 0.3) is 0 Å². The first-order valence-corrected chi connectivity index (χ1v) is 8.93. The van der Waals surface area contributed by atoms with Crippen LogP contribution in [0, 0.1) is 0 Å². The van der Waals surface area contributed by atoms with Crippen molar-refractivity contribution in [3.63, 3.8) is 0 Å².